The topological polar surface area (TPSA) is 35.5 Å². The molecule has 0 spiro atoms. The van der Waals surface area contributed by atoms with Crippen molar-refractivity contribution < 1.29 is 4.39 Å². The zero-order valence-electron chi connectivity index (χ0n) is 14.9. The van der Waals surface area contributed by atoms with Gasteiger partial charge in [0.05, 0.1) is 5.52 Å². The number of benzene rings is 1. The predicted octanol–water partition coefficient (Wildman–Crippen LogP) is 2.23. The van der Waals surface area contributed by atoms with E-state index in [0.717, 1.165) is 24.3 Å². The summed E-state index contributed by atoms with van der Waals surface area (Å²) < 4.78 is 13.5. The van der Waals surface area contributed by atoms with Crippen LogP contribution < -0.4 is 4.90 Å². The molecule has 1 aromatic heterocycles. The van der Waals surface area contributed by atoms with Crippen molar-refractivity contribution in [3.8, 4) is 0 Å². The summed E-state index contributed by atoms with van der Waals surface area (Å²) >= 11 is 0. The van der Waals surface area contributed by atoms with Crippen molar-refractivity contribution in [3.05, 3.63) is 30.3 Å². The van der Waals surface area contributed by atoms with Gasteiger partial charge in [-0.25, -0.2) is 14.4 Å². The normalized spacial score (nSPS) is 23.3. The molecule has 5 nitrogen and oxygen atoms in total. The van der Waals surface area contributed by atoms with Gasteiger partial charge < -0.3 is 14.7 Å². The Bertz CT molecular complexity index is 729. The molecule has 2 aromatic rings. The number of likely N-dealkylation sites (N-methyl/N-ethyl adjacent to an activating group) is 1. The van der Waals surface area contributed by atoms with Crippen LogP contribution in [-0.2, 0) is 0 Å². The molecule has 134 valence electrons. The van der Waals surface area contributed by atoms with Crippen molar-refractivity contribution in [2.24, 2.45) is 5.92 Å². The maximum Gasteiger partial charge on any atom is 0.139 e. The third-order valence-electron chi connectivity index (χ3n) is 5.51. The molecule has 2 saturated heterocycles. The molecule has 1 aromatic carbocycles. The molecule has 1 atom stereocenters. The Morgan fingerprint density at radius 1 is 1.12 bits per heavy atom. The van der Waals surface area contributed by atoms with E-state index >= 15 is 0 Å². The quantitative estimate of drug-likeness (QED) is 0.854. The van der Waals surface area contributed by atoms with Gasteiger partial charge >= 0.3 is 0 Å². The van der Waals surface area contributed by atoms with Crippen LogP contribution in [-0.4, -0.2) is 72.6 Å². The number of rotatable bonds is 3. The molecule has 3 heterocycles. The lowest BCUT2D eigenvalue weighted by molar-refractivity contribution is 0.131. The van der Waals surface area contributed by atoms with Crippen LogP contribution >= 0.6 is 0 Å². The Hall–Kier alpha value is -1.79. The van der Waals surface area contributed by atoms with E-state index in [1.807, 2.05) is 6.07 Å². The highest BCUT2D eigenvalue weighted by Crippen LogP contribution is 2.28. The number of fused-ring (bicyclic) bond motifs is 1. The molecule has 0 radical (unpaired) electrons. The second-order valence-electron chi connectivity index (χ2n) is 7.42. The maximum atomic E-state index is 13.5. The zero-order chi connectivity index (χ0) is 17.2. The van der Waals surface area contributed by atoms with Gasteiger partial charge in [0, 0.05) is 57.3 Å². The molecule has 0 unspecified atom stereocenters. The minimum absolute atomic E-state index is 0.247. The van der Waals surface area contributed by atoms with Gasteiger partial charge in [0.25, 0.3) is 0 Å². The van der Waals surface area contributed by atoms with Crippen molar-refractivity contribution in [1.82, 2.24) is 19.8 Å². The summed E-state index contributed by atoms with van der Waals surface area (Å²) in [5.74, 6) is 1.37. The molecule has 0 bridgehead atoms. The molecule has 2 aliphatic heterocycles. The van der Waals surface area contributed by atoms with Crippen LogP contribution in [0.5, 0.6) is 0 Å². The summed E-state index contributed by atoms with van der Waals surface area (Å²) in [7, 11) is 2.20. The van der Waals surface area contributed by atoms with Crippen LogP contribution in [0.25, 0.3) is 10.9 Å². The third-order valence-corrected chi connectivity index (χ3v) is 5.51. The number of nitrogens with zero attached hydrogens (tertiary/aromatic N) is 5. The fourth-order valence-electron chi connectivity index (χ4n) is 4.07. The number of aromatic nitrogens is 2. The summed E-state index contributed by atoms with van der Waals surface area (Å²) in [5, 5.41) is 0.948. The first-order valence-electron chi connectivity index (χ1n) is 9.25. The number of hydrogen-bond acceptors (Lipinski definition) is 5. The summed E-state index contributed by atoms with van der Waals surface area (Å²) in [4.78, 5) is 16.1. The van der Waals surface area contributed by atoms with Crippen molar-refractivity contribution in [2.45, 2.75) is 12.8 Å². The monoisotopic (exact) mass is 343 g/mol. The Kier molecular flexibility index (Phi) is 4.81. The van der Waals surface area contributed by atoms with Gasteiger partial charge in [-0.2, -0.15) is 0 Å². The minimum atomic E-state index is -0.247. The second-order valence-corrected chi connectivity index (χ2v) is 7.42. The van der Waals surface area contributed by atoms with Crippen molar-refractivity contribution in [2.75, 3.05) is 57.8 Å². The van der Waals surface area contributed by atoms with Crippen molar-refractivity contribution >= 4 is 16.7 Å². The van der Waals surface area contributed by atoms with E-state index in [1.165, 1.54) is 57.7 Å². The number of hydrogen-bond donors (Lipinski definition) is 0. The Balaban J connectivity index is 1.48. The molecule has 0 saturated carbocycles. The minimum Gasteiger partial charge on any atom is -0.356 e. The first kappa shape index (κ1) is 16.7. The molecule has 25 heavy (non-hydrogen) atoms. The number of piperazine rings is 1. The molecule has 6 heteroatoms. The second kappa shape index (κ2) is 7.22. The summed E-state index contributed by atoms with van der Waals surface area (Å²) in [6.45, 7) is 7.88. The van der Waals surface area contributed by atoms with Gasteiger partial charge in [-0.3, -0.25) is 0 Å². The van der Waals surface area contributed by atoms with Gasteiger partial charge in [-0.05, 0) is 37.9 Å². The van der Waals surface area contributed by atoms with Crippen LogP contribution in [0, 0.1) is 11.7 Å². The summed E-state index contributed by atoms with van der Waals surface area (Å²) in [6, 6.07) is 4.80. The fourth-order valence-corrected chi connectivity index (χ4v) is 4.07. The zero-order valence-corrected chi connectivity index (χ0v) is 14.9. The highest BCUT2D eigenvalue weighted by Gasteiger charge is 2.25. The summed E-state index contributed by atoms with van der Waals surface area (Å²) in [5.41, 5.74) is 0.686. The molecular formula is C19H26FN5. The third kappa shape index (κ3) is 3.75. The molecule has 0 N–H and O–H groups in total. The van der Waals surface area contributed by atoms with Crippen LogP contribution in [0.4, 0.5) is 10.2 Å². The first-order valence-corrected chi connectivity index (χ1v) is 9.25. The first-order chi connectivity index (χ1) is 12.2. The van der Waals surface area contributed by atoms with Gasteiger partial charge in [0.2, 0.25) is 0 Å². The number of halogens is 1. The Labute approximate surface area is 148 Å². The number of piperidine rings is 1. The molecule has 0 aliphatic carbocycles. The van der Waals surface area contributed by atoms with Gasteiger partial charge in [0.1, 0.15) is 18.0 Å². The molecule has 2 fully saturated rings. The largest absolute Gasteiger partial charge is 0.356 e. The Morgan fingerprint density at radius 3 is 2.80 bits per heavy atom. The smallest absolute Gasteiger partial charge is 0.139 e. The van der Waals surface area contributed by atoms with Crippen LogP contribution in [0.1, 0.15) is 12.8 Å². The van der Waals surface area contributed by atoms with Gasteiger partial charge in [0.15, 0.2) is 0 Å². The van der Waals surface area contributed by atoms with E-state index in [2.05, 4.69) is 31.7 Å². The van der Waals surface area contributed by atoms with Gasteiger partial charge in [-0.1, -0.05) is 0 Å². The standard InChI is InChI=1S/C19H26FN5/c1-23-7-9-24(10-8-23)12-15-3-2-6-25(13-15)19-17-5-4-16(20)11-18(17)21-14-22-19/h4-5,11,14-15H,2-3,6-10,12-13H2,1H3/t15-/m1/s1. The lowest BCUT2D eigenvalue weighted by atomic mass is 9.96. The predicted molar refractivity (Wildman–Crippen MR) is 98.4 cm³/mol. The molecule has 2 aliphatic rings. The van der Waals surface area contributed by atoms with E-state index in [0.29, 0.717) is 11.4 Å². The SMILES string of the molecule is CN1CCN(C[C@H]2CCCN(c3ncnc4cc(F)ccc34)C2)CC1. The van der Waals surface area contributed by atoms with Gasteiger partial charge in [-0.15, -0.1) is 0 Å². The molecular weight excluding hydrogens is 317 g/mol. The van der Waals surface area contributed by atoms with E-state index in [9.17, 15) is 4.39 Å². The highest BCUT2D eigenvalue weighted by molar-refractivity contribution is 5.89. The van der Waals surface area contributed by atoms with Crippen LogP contribution in [0.15, 0.2) is 24.5 Å². The van der Waals surface area contributed by atoms with E-state index in [4.69, 9.17) is 0 Å². The average Bonchev–Trinajstić information content (AvgIpc) is 2.63. The Morgan fingerprint density at radius 2 is 1.96 bits per heavy atom. The number of anilines is 1. The maximum absolute atomic E-state index is 13.5. The van der Waals surface area contributed by atoms with Crippen LogP contribution in [0.3, 0.4) is 0 Å². The lowest BCUT2D eigenvalue weighted by Gasteiger charge is -2.39. The van der Waals surface area contributed by atoms with E-state index in [-0.39, 0.29) is 5.82 Å². The molecule has 0 amide bonds. The van der Waals surface area contributed by atoms with E-state index < -0.39 is 0 Å². The van der Waals surface area contributed by atoms with E-state index in [1.54, 1.807) is 6.33 Å². The van der Waals surface area contributed by atoms with Crippen molar-refractivity contribution in [3.63, 3.8) is 0 Å². The average molecular weight is 343 g/mol. The lowest BCUT2D eigenvalue weighted by Crippen LogP contribution is -2.48. The fraction of sp³-hybridized carbons (Fsp3) is 0.579. The van der Waals surface area contributed by atoms with Crippen LogP contribution in [0.2, 0.25) is 0 Å². The van der Waals surface area contributed by atoms with Crippen molar-refractivity contribution in [1.29, 1.82) is 0 Å². The summed E-state index contributed by atoms with van der Waals surface area (Å²) in [6.07, 6.45) is 4.02. The highest BCUT2D eigenvalue weighted by atomic mass is 19.1. The molecule has 4 rings (SSSR count).